The van der Waals surface area contributed by atoms with Crippen molar-refractivity contribution >= 4 is 0 Å². The average Bonchev–Trinajstić information content (AvgIpc) is 3.15. The predicted molar refractivity (Wildman–Crippen MR) is 78.9 cm³/mol. The zero-order valence-electron chi connectivity index (χ0n) is 12.6. The van der Waals surface area contributed by atoms with Gasteiger partial charge in [0.25, 0.3) is 0 Å². The van der Waals surface area contributed by atoms with Crippen molar-refractivity contribution in [3.8, 4) is 0 Å². The number of hydrogen-bond acceptors (Lipinski definition) is 2. The van der Waals surface area contributed by atoms with Gasteiger partial charge in [-0.05, 0) is 50.6 Å². The smallest absolute Gasteiger partial charge is 0.0243 e. The van der Waals surface area contributed by atoms with Crippen molar-refractivity contribution in [1.29, 1.82) is 0 Å². The van der Waals surface area contributed by atoms with Gasteiger partial charge in [-0.25, -0.2) is 0 Å². The van der Waals surface area contributed by atoms with Crippen molar-refractivity contribution < 1.29 is 0 Å². The number of hydrogen-bond donors (Lipinski definition) is 1. The van der Waals surface area contributed by atoms with Crippen molar-refractivity contribution in [2.24, 2.45) is 11.8 Å². The van der Waals surface area contributed by atoms with Gasteiger partial charge in [-0.3, -0.25) is 4.90 Å². The summed E-state index contributed by atoms with van der Waals surface area (Å²) in [4.78, 5) is 2.76. The lowest BCUT2D eigenvalue weighted by atomic mass is 9.90. The quantitative estimate of drug-likeness (QED) is 0.748. The Kier molecular flexibility index (Phi) is 5.50. The molecule has 1 atom stereocenters. The van der Waals surface area contributed by atoms with Crippen LogP contribution >= 0.6 is 0 Å². The monoisotopic (exact) mass is 252 g/mol. The third-order valence-corrected chi connectivity index (χ3v) is 4.78. The summed E-state index contributed by atoms with van der Waals surface area (Å²) in [6.45, 7) is 11.0. The molecule has 2 aliphatic rings. The molecule has 2 nitrogen and oxygen atoms in total. The lowest BCUT2D eigenvalue weighted by Gasteiger charge is -2.39. The standard InChI is InChI=1S/C16H32N2/c1-4-5-14-8-10-18(11-9-14)16(13(2)3)12-17-15-6-7-15/h13-17H,4-12H2,1-3H3. The summed E-state index contributed by atoms with van der Waals surface area (Å²) in [5.41, 5.74) is 0. The molecule has 106 valence electrons. The summed E-state index contributed by atoms with van der Waals surface area (Å²) in [7, 11) is 0. The number of likely N-dealkylation sites (tertiary alicyclic amines) is 1. The number of nitrogens with one attached hydrogen (secondary N) is 1. The number of nitrogens with zero attached hydrogens (tertiary/aromatic N) is 1. The van der Waals surface area contributed by atoms with Gasteiger partial charge in [0.15, 0.2) is 0 Å². The predicted octanol–water partition coefficient (Wildman–Crippen LogP) is 3.28. The molecule has 1 aliphatic heterocycles. The fourth-order valence-electron chi connectivity index (χ4n) is 3.34. The van der Waals surface area contributed by atoms with Crippen LogP contribution in [0.1, 0.15) is 59.3 Å². The van der Waals surface area contributed by atoms with Crippen LogP contribution in [-0.4, -0.2) is 36.6 Å². The Balaban J connectivity index is 1.75. The Labute approximate surface area is 114 Å². The topological polar surface area (TPSA) is 15.3 Å². The summed E-state index contributed by atoms with van der Waals surface area (Å²) < 4.78 is 0. The van der Waals surface area contributed by atoms with Crippen molar-refractivity contribution in [3.05, 3.63) is 0 Å². The van der Waals surface area contributed by atoms with E-state index in [1.807, 2.05) is 0 Å². The first kappa shape index (κ1) is 14.3. The molecule has 2 heteroatoms. The zero-order chi connectivity index (χ0) is 13.0. The van der Waals surface area contributed by atoms with E-state index in [4.69, 9.17) is 0 Å². The molecule has 0 aromatic rings. The average molecular weight is 252 g/mol. The second kappa shape index (κ2) is 6.91. The Morgan fingerprint density at radius 2 is 1.78 bits per heavy atom. The lowest BCUT2D eigenvalue weighted by molar-refractivity contribution is 0.0999. The minimum Gasteiger partial charge on any atom is -0.312 e. The van der Waals surface area contributed by atoms with Gasteiger partial charge in [-0.2, -0.15) is 0 Å². The molecule has 1 heterocycles. The highest BCUT2D eigenvalue weighted by molar-refractivity contribution is 4.87. The van der Waals surface area contributed by atoms with E-state index in [1.54, 1.807) is 0 Å². The summed E-state index contributed by atoms with van der Waals surface area (Å²) >= 11 is 0. The van der Waals surface area contributed by atoms with Crippen molar-refractivity contribution in [3.63, 3.8) is 0 Å². The van der Waals surface area contributed by atoms with Crippen molar-refractivity contribution in [2.75, 3.05) is 19.6 Å². The van der Waals surface area contributed by atoms with Crippen LogP contribution in [0.15, 0.2) is 0 Å². The first-order chi connectivity index (χ1) is 8.70. The molecule has 0 amide bonds. The number of piperidine rings is 1. The molecular formula is C16H32N2. The molecule has 1 N–H and O–H groups in total. The fourth-order valence-corrected chi connectivity index (χ4v) is 3.34. The summed E-state index contributed by atoms with van der Waals surface area (Å²) in [6, 6.07) is 1.61. The first-order valence-electron chi connectivity index (χ1n) is 8.18. The molecule has 0 aromatic carbocycles. The Hall–Kier alpha value is -0.0800. The van der Waals surface area contributed by atoms with Gasteiger partial charge in [0.05, 0.1) is 0 Å². The molecule has 0 radical (unpaired) electrons. The van der Waals surface area contributed by atoms with Crippen LogP contribution in [0.2, 0.25) is 0 Å². The number of rotatable bonds is 7. The van der Waals surface area contributed by atoms with E-state index in [2.05, 4.69) is 31.0 Å². The highest BCUT2D eigenvalue weighted by Crippen LogP contribution is 2.25. The van der Waals surface area contributed by atoms with Crippen molar-refractivity contribution in [2.45, 2.75) is 71.4 Å². The first-order valence-corrected chi connectivity index (χ1v) is 8.18. The van der Waals surface area contributed by atoms with Gasteiger partial charge < -0.3 is 5.32 Å². The van der Waals surface area contributed by atoms with Gasteiger partial charge in [-0.15, -0.1) is 0 Å². The SMILES string of the molecule is CCCC1CCN(C(CNC2CC2)C(C)C)CC1. The molecule has 0 aromatic heterocycles. The van der Waals surface area contributed by atoms with Crippen LogP contribution in [0, 0.1) is 11.8 Å². The molecule has 2 fully saturated rings. The minimum absolute atomic E-state index is 0.758. The van der Waals surface area contributed by atoms with Crippen LogP contribution in [0.4, 0.5) is 0 Å². The Morgan fingerprint density at radius 3 is 2.28 bits per heavy atom. The van der Waals surface area contributed by atoms with Gasteiger partial charge in [0.2, 0.25) is 0 Å². The molecule has 18 heavy (non-hydrogen) atoms. The molecule has 2 rings (SSSR count). The fraction of sp³-hybridized carbons (Fsp3) is 1.00. The van der Waals surface area contributed by atoms with E-state index in [0.29, 0.717) is 0 Å². The maximum absolute atomic E-state index is 3.73. The van der Waals surface area contributed by atoms with E-state index in [0.717, 1.165) is 23.9 Å². The molecule has 0 bridgehead atoms. The van der Waals surface area contributed by atoms with Crippen LogP contribution < -0.4 is 5.32 Å². The van der Waals surface area contributed by atoms with Crippen LogP contribution in [0.3, 0.4) is 0 Å². The van der Waals surface area contributed by atoms with Gasteiger partial charge in [0, 0.05) is 18.6 Å². The highest BCUT2D eigenvalue weighted by atomic mass is 15.2. The molecular weight excluding hydrogens is 220 g/mol. The maximum Gasteiger partial charge on any atom is 0.0243 e. The Morgan fingerprint density at radius 1 is 1.11 bits per heavy atom. The van der Waals surface area contributed by atoms with Gasteiger partial charge >= 0.3 is 0 Å². The van der Waals surface area contributed by atoms with Gasteiger partial charge in [0.1, 0.15) is 0 Å². The van der Waals surface area contributed by atoms with E-state index >= 15 is 0 Å². The van der Waals surface area contributed by atoms with E-state index in [9.17, 15) is 0 Å². The second-order valence-corrected chi connectivity index (χ2v) is 6.76. The van der Waals surface area contributed by atoms with Crippen LogP contribution in [0.5, 0.6) is 0 Å². The highest BCUT2D eigenvalue weighted by Gasteiger charge is 2.28. The largest absolute Gasteiger partial charge is 0.312 e. The van der Waals surface area contributed by atoms with E-state index < -0.39 is 0 Å². The van der Waals surface area contributed by atoms with E-state index in [1.165, 1.54) is 58.2 Å². The van der Waals surface area contributed by atoms with Crippen LogP contribution in [0.25, 0.3) is 0 Å². The molecule has 1 saturated heterocycles. The van der Waals surface area contributed by atoms with Crippen LogP contribution in [-0.2, 0) is 0 Å². The van der Waals surface area contributed by atoms with E-state index in [-0.39, 0.29) is 0 Å². The summed E-state index contributed by atoms with van der Waals surface area (Å²) in [5, 5.41) is 3.73. The second-order valence-electron chi connectivity index (χ2n) is 6.76. The molecule has 0 spiro atoms. The summed E-state index contributed by atoms with van der Waals surface area (Å²) in [5.74, 6) is 1.79. The third kappa shape index (κ3) is 4.24. The van der Waals surface area contributed by atoms with Gasteiger partial charge in [-0.1, -0.05) is 33.6 Å². The normalized spacial score (nSPS) is 24.7. The minimum atomic E-state index is 0.758. The zero-order valence-corrected chi connectivity index (χ0v) is 12.6. The summed E-state index contributed by atoms with van der Waals surface area (Å²) in [6.07, 6.45) is 8.48. The molecule has 1 aliphatic carbocycles. The third-order valence-electron chi connectivity index (χ3n) is 4.78. The molecule has 1 unspecified atom stereocenters. The lowest BCUT2D eigenvalue weighted by Crippen LogP contribution is -2.49. The Bertz CT molecular complexity index is 227. The van der Waals surface area contributed by atoms with Crippen molar-refractivity contribution in [1.82, 2.24) is 10.2 Å². The molecule has 1 saturated carbocycles. The maximum atomic E-state index is 3.73.